The Morgan fingerprint density at radius 1 is 0.897 bits per heavy atom. The van der Waals surface area contributed by atoms with E-state index >= 15 is 0 Å². The fourth-order valence-corrected chi connectivity index (χ4v) is 3.17. The first-order chi connectivity index (χ1) is 13.8. The van der Waals surface area contributed by atoms with Gasteiger partial charge in [-0.05, 0) is 60.2 Å². The van der Waals surface area contributed by atoms with E-state index in [9.17, 15) is 4.79 Å². The summed E-state index contributed by atoms with van der Waals surface area (Å²) in [4.78, 5) is 12.2. The van der Waals surface area contributed by atoms with Gasteiger partial charge in [0.1, 0.15) is 0 Å². The molecule has 0 radical (unpaired) electrons. The third-order valence-corrected chi connectivity index (χ3v) is 5.18. The predicted molar refractivity (Wildman–Crippen MR) is 117 cm³/mol. The second-order valence-electron chi connectivity index (χ2n) is 8.32. The molecule has 5 nitrogen and oxygen atoms in total. The lowest BCUT2D eigenvalue weighted by molar-refractivity contribution is -0.120. The van der Waals surface area contributed by atoms with Gasteiger partial charge in [0.15, 0.2) is 0 Å². The van der Waals surface area contributed by atoms with Crippen LogP contribution in [0.1, 0.15) is 53.0 Å². The van der Waals surface area contributed by atoms with Gasteiger partial charge in [-0.15, -0.1) is 10.2 Å². The first kappa shape index (κ1) is 20.8. The Hall–Kier alpha value is -2.95. The average molecular weight is 392 g/mol. The Labute approximate surface area is 172 Å². The van der Waals surface area contributed by atoms with Gasteiger partial charge in [0.25, 0.3) is 0 Å². The lowest BCUT2D eigenvalue weighted by Gasteiger charge is -2.18. The zero-order chi connectivity index (χ0) is 21.0. The van der Waals surface area contributed by atoms with Gasteiger partial charge in [0, 0.05) is 22.7 Å². The largest absolute Gasteiger partial charge is 0.416 e. The molecule has 0 saturated heterocycles. The standard InChI is InChI=1S/C24H29N3O2/c1-6-16(7-2)21(28)25-20-14-10-18(11-15-20)23-27-26-22(29-23)17-8-12-19(13-9-17)24(3,4)5/h8-16H,6-7H2,1-5H3,(H,25,28). The van der Waals surface area contributed by atoms with Crippen LogP contribution in [0.2, 0.25) is 0 Å². The highest BCUT2D eigenvalue weighted by atomic mass is 16.4. The normalized spacial score (nSPS) is 11.7. The van der Waals surface area contributed by atoms with Crippen molar-refractivity contribution < 1.29 is 9.21 Å². The molecular weight excluding hydrogens is 362 g/mol. The van der Waals surface area contributed by atoms with Crippen LogP contribution < -0.4 is 5.32 Å². The Bertz CT molecular complexity index is 947. The molecular formula is C24H29N3O2. The van der Waals surface area contributed by atoms with Gasteiger partial charge in [-0.3, -0.25) is 4.79 Å². The quantitative estimate of drug-likeness (QED) is 0.553. The number of amides is 1. The van der Waals surface area contributed by atoms with Crippen LogP contribution in [0.4, 0.5) is 5.69 Å². The smallest absolute Gasteiger partial charge is 0.248 e. The van der Waals surface area contributed by atoms with Crippen molar-refractivity contribution in [2.24, 2.45) is 5.92 Å². The molecule has 0 fully saturated rings. The summed E-state index contributed by atoms with van der Waals surface area (Å²) in [5.74, 6) is 1.05. The number of hydrogen-bond acceptors (Lipinski definition) is 4. The van der Waals surface area contributed by atoms with Crippen LogP contribution in [0.5, 0.6) is 0 Å². The molecule has 0 spiro atoms. The summed E-state index contributed by atoms with van der Waals surface area (Å²) in [5, 5.41) is 11.3. The molecule has 29 heavy (non-hydrogen) atoms. The lowest BCUT2D eigenvalue weighted by Crippen LogP contribution is -2.21. The van der Waals surface area contributed by atoms with E-state index in [2.05, 4.69) is 48.4 Å². The number of anilines is 1. The highest BCUT2D eigenvalue weighted by Crippen LogP contribution is 2.28. The fraction of sp³-hybridized carbons (Fsp3) is 0.375. The van der Waals surface area contributed by atoms with Gasteiger partial charge in [-0.2, -0.15) is 0 Å². The summed E-state index contributed by atoms with van der Waals surface area (Å²) >= 11 is 0. The van der Waals surface area contributed by atoms with Crippen molar-refractivity contribution in [2.75, 3.05) is 5.32 Å². The first-order valence-corrected chi connectivity index (χ1v) is 10.2. The second kappa shape index (κ2) is 8.60. The van der Waals surface area contributed by atoms with Crippen molar-refractivity contribution in [1.29, 1.82) is 0 Å². The van der Waals surface area contributed by atoms with Crippen molar-refractivity contribution in [3.63, 3.8) is 0 Å². The maximum Gasteiger partial charge on any atom is 0.248 e. The minimum atomic E-state index is 0.0397. The molecule has 0 aliphatic carbocycles. The van der Waals surface area contributed by atoms with Crippen LogP contribution in [0.25, 0.3) is 22.9 Å². The summed E-state index contributed by atoms with van der Waals surface area (Å²) in [6.45, 7) is 10.6. The predicted octanol–water partition coefficient (Wildman–Crippen LogP) is 6.08. The van der Waals surface area contributed by atoms with E-state index in [1.807, 2.05) is 50.2 Å². The van der Waals surface area contributed by atoms with E-state index in [1.54, 1.807) is 0 Å². The highest BCUT2D eigenvalue weighted by molar-refractivity contribution is 5.92. The third-order valence-electron chi connectivity index (χ3n) is 5.18. The molecule has 1 heterocycles. The molecule has 3 rings (SSSR count). The summed E-state index contributed by atoms with van der Waals surface area (Å²) in [6.07, 6.45) is 1.67. The van der Waals surface area contributed by atoms with E-state index in [1.165, 1.54) is 5.56 Å². The Morgan fingerprint density at radius 3 is 1.83 bits per heavy atom. The van der Waals surface area contributed by atoms with Crippen molar-refractivity contribution in [3.05, 3.63) is 54.1 Å². The van der Waals surface area contributed by atoms with Crippen molar-refractivity contribution in [1.82, 2.24) is 10.2 Å². The highest BCUT2D eigenvalue weighted by Gasteiger charge is 2.16. The zero-order valence-electron chi connectivity index (χ0n) is 17.8. The molecule has 0 aliphatic rings. The molecule has 0 bridgehead atoms. The summed E-state index contributed by atoms with van der Waals surface area (Å²) < 4.78 is 5.87. The maximum absolute atomic E-state index is 12.2. The number of rotatable bonds is 6. The SMILES string of the molecule is CCC(CC)C(=O)Nc1ccc(-c2nnc(-c3ccc(C(C)(C)C)cc3)o2)cc1. The Balaban J connectivity index is 1.73. The number of aromatic nitrogens is 2. The molecule has 0 unspecified atom stereocenters. The summed E-state index contributed by atoms with van der Waals surface area (Å²) in [5.41, 5.74) is 3.83. The molecule has 1 amide bonds. The molecule has 0 saturated carbocycles. The Morgan fingerprint density at radius 2 is 1.38 bits per heavy atom. The monoisotopic (exact) mass is 391 g/mol. The number of carbonyl (C=O) groups is 1. The van der Waals surface area contributed by atoms with Crippen LogP contribution in [0.3, 0.4) is 0 Å². The number of nitrogens with zero attached hydrogens (tertiary/aromatic N) is 2. The second-order valence-corrected chi connectivity index (χ2v) is 8.32. The van der Waals surface area contributed by atoms with E-state index in [0.29, 0.717) is 11.8 Å². The van der Waals surface area contributed by atoms with E-state index in [-0.39, 0.29) is 17.2 Å². The zero-order valence-corrected chi connectivity index (χ0v) is 17.8. The maximum atomic E-state index is 12.2. The summed E-state index contributed by atoms with van der Waals surface area (Å²) in [6, 6.07) is 15.7. The third kappa shape index (κ3) is 4.91. The van der Waals surface area contributed by atoms with Gasteiger partial charge in [0.05, 0.1) is 0 Å². The minimum Gasteiger partial charge on any atom is -0.416 e. The van der Waals surface area contributed by atoms with Crippen LogP contribution >= 0.6 is 0 Å². The van der Waals surface area contributed by atoms with E-state index in [4.69, 9.17) is 4.42 Å². The lowest BCUT2D eigenvalue weighted by atomic mass is 9.87. The molecule has 1 N–H and O–H groups in total. The van der Waals surface area contributed by atoms with Crippen LogP contribution in [-0.2, 0) is 10.2 Å². The van der Waals surface area contributed by atoms with Crippen molar-refractivity contribution >= 4 is 11.6 Å². The van der Waals surface area contributed by atoms with Crippen molar-refractivity contribution in [3.8, 4) is 22.9 Å². The van der Waals surface area contributed by atoms with Gasteiger partial charge in [-0.1, -0.05) is 46.8 Å². The number of benzene rings is 2. The fourth-order valence-electron chi connectivity index (χ4n) is 3.17. The van der Waals surface area contributed by atoms with E-state index in [0.717, 1.165) is 29.7 Å². The van der Waals surface area contributed by atoms with E-state index < -0.39 is 0 Å². The van der Waals surface area contributed by atoms with Gasteiger partial charge >= 0.3 is 0 Å². The average Bonchev–Trinajstić information content (AvgIpc) is 3.19. The number of carbonyl (C=O) groups excluding carboxylic acids is 1. The molecule has 152 valence electrons. The van der Waals surface area contributed by atoms with Crippen LogP contribution in [-0.4, -0.2) is 16.1 Å². The van der Waals surface area contributed by atoms with Crippen LogP contribution in [0.15, 0.2) is 52.9 Å². The van der Waals surface area contributed by atoms with Gasteiger partial charge < -0.3 is 9.73 Å². The molecule has 0 aliphatic heterocycles. The topological polar surface area (TPSA) is 68.0 Å². The Kier molecular flexibility index (Phi) is 6.16. The number of nitrogens with one attached hydrogen (secondary N) is 1. The molecule has 1 aromatic heterocycles. The minimum absolute atomic E-state index is 0.0397. The first-order valence-electron chi connectivity index (χ1n) is 10.2. The molecule has 3 aromatic rings. The number of hydrogen-bond donors (Lipinski definition) is 1. The van der Waals surface area contributed by atoms with Gasteiger partial charge in [0.2, 0.25) is 17.7 Å². The summed E-state index contributed by atoms with van der Waals surface area (Å²) in [7, 11) is 0. The van der Waals surface area contributed by atoms with Gasteiger partial charge in [-0.25, -0.2) is 0 Å². The molecule has 2 aromatic carbocycles. The molecule has 5 heteroatoms. The molecule has 0 atom stereocenters. The van der Waals surface area contributed by atoms with Crippen molar-refractivity contribution in [2.45, 2.75) is 52.9 Å². The van der Waals surface area contributed by atoms with Crippen LogP contribution in [0, 0.1) is 5.92 Å².